The zero-order valence-corrected chi connectivity index (χ0v) is 12.5. The molecule has 1 atom stereocenters. The molecule has 0 spiro atoms. The molecule has 1 aliphatic rings. The first-order chi connectivity index (χ1) is 8.25. The van der Waals surface area contributed by atoms with E-state index >= 15 is 0 Å². The van der Waals surface area contributed by atoms with Crippen molar-refractivity contribution in [1.29, 1.82) is 0 Å². The molecule has 2 N–H and O–H groups in total. The number of benzene rings is 1. The van der Waals surface area contributed by atoms with Crippen molar-refractivity contribution in [3.8, 4) is 0 Å². The Morgan fingerprint density at radius 2 is 2.00 bits per heavy atom. The van der Waals surface area contributed by atoms with E-state index in [1.54, 1.807) is 0 Å². The van der Waals surface area contributed by atoms with Crippen LogP contribution in [0.5, 0.6) is 0 Å². The first-order valence-electron chi connectivity index (χ1n) is 6.32. The second-order valence-corrected chi connectivity index (χ2v) is 6.93. The van der Waals surface area contributed by atoms with Crippen molar-refractivity contribution in [3.63, 3.8) is 0 Å². The molecular weight excluding hydrogens is 294 g/mol. The van der Waals surface area contributed by atoms with Gasteiger partial charge in [-0.1, -0.05) is 34.1 Å². The molecule has 0 aromatic heterocycles. The van der Waals surface area contributed by atoms with Gasteiger partial charge in [-0.15, -0.1) is 0 Å². The van der Waals surface area contributed by atoms with Crippen molar-refractivity contribution >= 4 is 27.7 Å². The highest BCUT2D eigenvalue weighted by Crippen LogP contribution is 2.27. The molecule has 0 amide bonds. The summed E-state index contributed by atoms with van der Waals surface area (Å²) >= 11 is 5.67. The lowest BCUT2D eigenvalue weighted by Crippen LogP contribution is -2.27. The standard InChI is InChI=1S/C14H20BrNS/c15-14-4-2-1-3-12(14)10-13(16)9-11-5-7-17-8-6-11/h1-4,11,13H,5-10,16H2. The molecule has 0 radical (unpaired) electrons. The van der Waals surface area contributed by atoms with Gasteiger partial charge in [0, 0.05) is 10.5 Å². The highest BCUT2D eigenvalue weighted by molar-refractivity contribution is 9.10. The molecule has 2 rings (SSSR count). The third-order valence-corrected chi connectivity index (χ3v) is 5.24. The molecule has 0 aliphatic carbocycles. The van der Waals surface area contributed by atoms with Gasteiger partial charge in [-0.25, -0.2) is 0 Å². The molecule has 17 heavy (non-hydrogen) atoms. The Balaban J connectivity index is 1.84. The fourth-order valence-electron chi connectivity index (χ4n) is 2.44. The van der Waals surface area contributed by atoms with Crippen molar-refractivity contribution in [3.05, 3.63) is 34.3 Å². The lowest BCUT2D eigenvalue weighted by atomic mass is 9.92. The number of halogens is 1. The molecule has 1 heterocycles. The van der Waals surface area contributed by atoms with E-state index in [4.69, 9.17) is 5.73 Å². The van der Waals surface area contributed by atoms with Gasteiger partial charge in [0.1, 0.15) is 0 Å². The van der Waals surface area contributed by atoms with Crippen molar-refractivity contribution in [2.45, 2.75) is 31.7 Å². The Hall–Kier alpha value is 0.01000. The van der Waals surface area contributed by atoms with Crippen molar-refractivity contribution < 1.29 is 0 Å². The van der Waals surface area contributed by atoms with Crippen LogP contribution in [-0.4, -0.2) is 17.5 Å². The first kappa shape index (κ1) is 13.4. The zero-order valence-electron chi connectivity index (χ0n) is 10.1. The summed E-state index contributed by atoms with van der Waals surface area (Å²) in [6.45, 7) is 0. The van der Waals surface area contributed by atoms with E-state index in [-0.39, 0.29) is 0 Å². The van der Waals surface area contributed by atoms with Gasteiger partial charge in [0.25, 0.3) is 0 Å². The summed E-state index contributed by atoms with van der Waals surface area (Å²) in [4.78, 5) is 0. The van der Waals surface area contributed by atoms with Crippen LogP contribution in [0.25, 0.3) is 0 Å². The number of hydrogen-bond acceptors (Lipinski definition) is 2. The predicted molar refractivity (Wildman–Crippen MR) is 80.5 cm³/mol. The van der Waals surface area contributed by atoms with Crippen molar-refractivity contribution in [2.75, 3.05) is 11.5 Å². The van der Waals surface area contributed by atoms with Crippen molar-refractivity contribution in [1.82, 2.24) is 0 Å². The lowest BCUT2D eigenvalue weighted by Gasteiger charge is -2.24. The van der Waals surface area contributed by atoms with Crippen LogP contribution in [0.4, 0.5) is 0 Å². The summed E-state index contributed by atoms with van der Waals surface area (Å²) in [5, 5.41) is 0. The molecule has 1 fully saturated rings. The summed E-state index contributed by atoms with van der Waals surface area (Å²) < 4.78 is 1.19. The second kappa shape index (κ2) is 6.81. The van der Waals surface area contributed by atoms with Crippen LogP contribution in [-0.2, 0) is 6.42 Å². The van der Waals surface area contributed by atoms with Crippen LogP contribution in [0.1, 0.15) is 24.8 Å². The van der Waals surface area contributed by atoms with E-state index in [9.17, 15) is 0 Å². The van der Waals surface area contributed by atoms with Gasteiger partial charge in [0.2, 0.25) is 0 Å². The summed E-state index contributed by atoms with van der Waals surface area (Å²) in [5.41, 5.74) is 7.62. The minimum Gasteiger partial charge on any atom is -0.327 e. The summed E-state index contributed by atoms with van der Waals surface area (Å²) in [5.74, 6) is 3.51. The maximum atomic E-state index is 6.28. The van der Waals surface area contributed by atoms with Crippen LogP contribution in [0.3, 0.4) is 0 Å². The van der Waals surface area contributed by atoms with Gasteiger partial charge in [0.05, 0.1) is 0 Å². The maximum Gasteiger partial charge on any atom is 0.0207 e. The van der Waals surface area contributed by atoms with Gasteiger partial charge in [0.15, 0.2) is 0 Å². The minimum absolute atomic E-state index is 0.307. The van der Waals surface area contributed by atoms with Gasteiger partial charge in [-0.3, -0.25) is 0 Å². The Labute approximate surface area is 117 Å². The Morgan fingerprint density at radius 1 is 1.29 bits per heavy atom. The monoisotopic (exact) mass is 313 g/mol. The Kier molecular flexibility index (Phi) is 5.39. The van der Waals surface area contributed by atoms with E-state index in [1.807, 2.05) is 0 Å². The van der Waals surface area contributed by atoms with E-state index in [1.165, 1.54) is 40.8 Å². The summed E-state index contributed by atoms with van der Waals surface area (Å²) in [7, 11) is 0. The molecule has 0 bridgehead atoms. The molecule has 1 aromatic carbocycles. The largest absolute Gasteiger partial charge is 0.327 e. The quantitative estimate of drug-likeness (QED) is 0.913. The SMILES string of the molecule is NC(Cc1ccccc1Br)CC1CCSCC1. The fourth-order valence-corrected chi connectivity index (χ4v) is 4.09. The van der Waals surface area contributed by atoms with Crippen molar-refractivity contribution in [2.24, 2.45) is 11.7 Å². The fraction of sp³-hybridized carbons (Fsp3) is 0.571. The van der Waals surface area contributed by atoms with Gasteiger partial charge < -0.3 is 5.73 Å². The highest BCUT2D eigenvalue weighted by Gasteiger charge is 2.17. The number of hydrogen-bond donors (Lipinski definition) is 1. The van der Waals surface area contributed by atoms with Crippen LogP contribution in [0, 0.1) is 5.92 Å². The van der Waals surface area contributed by atoms with E-state index in [0.29, 0.717) is 6.04 Å². The van der Waals surface area contributed by atoms with Crippen LogP contribution in [0.2, 0.25) is 0 Å². The Morgan fingerprint density at radius 3 is 2.71 bits per heavy atom. The third-order valence-electron chi connectivity index (χ3n) is 3.42. The lowest BCUT2D eigenvalue weighted by molar-refractivity contribution is 0.406. The smallest absolute Gasteiger partial charge is 0.0207 e. The summed E-state index contributed by atoms with van der Waals surface area (Å²) in [6.07, 6.45) is 4.88. The first-order valence-corrected chi connectivity index (χ1v) is 8.27. The van der Waals surface area contributed by atoms with E-state index < -0.39 is 0 Å². The van der Waals surface area contributed by atoms with Gasteiger partial charge >= 0.3 is 0 Å². The highest BCUT2D eigenvalue weighted by atomic mass is 79.9. The van der Waals surface area contributed by atoms with Gasteiger partial charge in [-0.05, 0) is 54.7 Å². The minimum atomic E-state index is 0.307. The molecule has 1 saturated heterocycles. The number of thioether (sulfide) groups is 1. The average Bonchev–Trinajstić information content (AvgIpc) is 2.33. The predicted octanol–water partition coefficient (Wildman–Crippen LogP) is 3.85. The normalized spacial score (nSPS) is 19.2. The number of nitrogens with two attached hydrogens (primary N) is 1. The zero-order chi connectivity index (χ0) is 12.1. The molecule has 94 valence electrons. The third kappa shape index (κ3) is 4.31. The number of rotatable bonds is 4. The summed E-state index contributed by atoms with van der Waals surface area (Å²) in [6, 6.07) is 8.71. The molecule has 1 unspecified atom stereocenters. The molecule has 0 saturated carbocycles. The van der Waals surface area contributed by atoms with E-state index in [2.05, 4.69) is 52.0 Å². The van der Waals surface area contributed by atoms with Crippen LogP contribution in [0.15, 0.2) is 28.7 Å². The molecular formula is C14H20BrNS. The van der Waals surface area contributed by atoms with Gasteiger partial charge in [-0.2, -0.15) is 11.8 Å². The van der Waals surface area contributed by atoms with E-state index in [0.717, 1.165) is 12.3 Å². The Bertz CT molecular complexity index is 350. The maximum absolute atomic E-state index is 6.28. The van der Waals surface area contributed by atoms with Crippen LogP contribution < -0.4 is 5.73 Å². The average molecular weight is 314 g/mol. The molecule has 1 nitrogen and oxygen atoms in total. The molecule has 3 heteroatoms. The van der Waals surface area contributed by atoms with Crippen LogP contribution >= 0.6 is 27.7 Å². The second-order valence-electron chi connectivity index (χ2n) is 4.85. The topological polar surface area (TPSA) is 26.0 Å². The molecule has 1 aliphatic heterocycles. The molecule has 1 aromatic rings.